The molecule has 11 nitrogen and oxygen atoms in total. The second kappa shape index (κ2) is 7.97. The summed E-state index contributed by atoms with van der Waals surface area (Å²) in [6, 6.07) is 8.43. The molecule has 144 valence electrons. The minimum absolute atomic E-state index is 0.0722. The number of anilines is 2. The van der Waals surface area contributed by atoms with Crippen LogP contribution in [0.4, 0.5) is 17.3 Å². The summed E-state index contributed by atoms with van der Waals surface area (Å²) < 4.78 is 29.7. The number of pyridine rings is 1. The zero-order chi connectivity index (χ0) is 20.2. The van der Waals surface area contributed by atoms with Gasteiger partial charge in [0.1, 0.15) is 11.7 Å². The number of nitrogens with one attached hydrogen (secondary N) is 2. The normalized spacial score (nSPS) is 12.3. The van der Waals surface area contributed by atoms with Crippen molar-refractivity contribution in [2.45, 2.75) is 17.9 Å². The summed E-state index contributed by atoms with van der Waals surface area (Å²) in [4.78, 5) is 13.8. The van der Waals surface area contributed by atoms with E-state index in [2.05, 4.69) is 10.3 Å². The standard InChI is InChI=1S/C15H18N6O5S/c1-9-2-4-10(5-3-9)27(24,25)26-12(14(16)17)8-19-13-7-6-11(21(22)23)15(18)20-13/h2-7,12H,8H2,1H3,(H3,16,17)(H3,18,19,20). The summed E-state index contributed by atoms with van der Waals surface area (Å²) in [6.07, 6.45) is -1.31. The first-order valence-electron chi connectivity index (χ1n) is 7.59. The number of amidine groups is 1. The van der Waals surface area contributed by atoms with Crippen LogP contribution in [0.25, 0.3) is 0 Å². The Balaban J connectivity index is 2.12. The Morgan fingerprint density at radius 1 is 1.33 bits per heavy atom. The third-order valence-electron chi connectivity index (χ3n) is 3.47. The highest BCUT2D eigenvalue weighted by molar-refractivity contribution is 7.86. The highest BCUT2D eigenvalue weighted by Gasteiger charge is 2.24. The molecule has 1 heterocycles. The molecule has 1 aromatic carbocycles. The first kappa shape index (κ1) is 20.1. The van der Waals surface area contributed by atoms with Crippen molar-refractivity contribution in [2.75, 3.05) is 17.6 Å². The van der Waals surface area contributed by atoms with Gasteiger partial charge in [-0.1, -0.05) is 17.7 Å². The summed E-state index contributed by atoms with van der Waals surface area (Å²) in [6.45, 7) is 1.59. The molecule has 0 saturated heterocycles. The smallest absolute Gasteiger partial charge is 0.311 e. The molecule has 0 aliphatic heterocycles. The van der Waals surface area contributed by atoms with E-state index in [9.17, 15) is 18.5 Å². The van der Waals surface area contributed by atoms with E-state index in [4.69, 9.17) is 21.1 Å². The number of nitrogens with two attached hydrogens (primary N) is 2. The first-order valence-corrected chi connectivity index (χ1v) is 8.99. The fraction of sp³-hybridized carbons (Fsp3) is 0.200. The maximum atomic E-state index is 12.3. The summed E-state index contributed by atoms with van der Waals surface area (Å²) >= 11 is 0. The number of nitro groups is 1. The molecule has 27 heavy (non-hydrogen) atoms. The van der Waals surface area contributed by atoms with Gasteiger partial charge in [-0.3, -0.25) is 19.7 Å². The van der Waals surface area contributed by atoms with Crippen LogP contribution in [-0.4, -0.2) is 36.8 Å². The summed E-state index contributed by atoms with van der Waals surface area (Å²) in [7, 11) is -4.15. The van der Waals surface area contributed by atoms with Crippen molar-refractivity contribution in [3.8, 4) is 0 Å². The van der Waals surface area contributed by atoms with Crippen molar-refractivity contribution in [3.63, 3.8) is 0 Å². The number of nitrogens with zero attached hydrogens (tertiary/aromatic N) is 2. The number of hydrogen-bond donors (Lipinski definition) is 4. The van der Waals surface area contributed by atoms with Gasteiger partial charge in [-0.2, -0.15) is 8.42 Å². The lowest BCUT2D eigenvalue weighted by atomic mass is 10.2. The third-order valence-corrected chi connectivity index (χ3v) is 4.80. The zero-order valence-electron chi connectivity index (χ0n) is 14.2. The Hall–Kier alpha value is -3.25. The van der Waals surface area contributed by atoms with Gasteiger partial charge < -0.3 is 16.8 Å². The second-order valence-electron chi connectivity index (χ2n) is 5.55. The Bertz CT molecular complexity index is 961. The van der Waals surface area contributed by atoms with Gasteiger partial charge in [0.25, 0.3) is 10.1 Å². The predicted octanol–water partition coefficient (Wildman–Crippen LogP) is 1.00. The molecule has 1 aromatic heterocycles. The molecule has 0 radical (unpaired) electrons. The molecule has 0 aliphatic carbocycles. The van der Waals surface area contributed by atoms with Gasteiger partial charge in [-0.05, 0) is 25.1 Å². The monoisotopic (exact) mass is 394 g/mol. The molecule has 12 heteroatoms. The molecule has 6 N–H and O–H groups in total. The van der Waals surface area contributed by atoms with Crippen LogP contribution in [-0.2, 0) is 14.3 Å². The van der Waals surface area contributed by atoms with Crippen LogP contribution in [0.2, 0.25) is 0 Å². The average Bonchev–Trinajstić information content (AvgIpc) is 2.58. The lowest BCUT2D eigenvalue weighted by molar-refractivity contribution is -0.384. The number of aromatic nitrogens is 1. The maximum absolute atomic E-state index is 12.3. The van der Waals surface area contributed by atoms with Crippen molar-refractivity contribution in [1.29, 1.82) is 5.41 Å². The Labute approximate surface area is 155 Å². The van der Waals surface area contributed by atoms with Crippen molar-refractivity contribution in [1.82, 2.24) is 4.98 Å². The fourth-order valence-electron chi connectivity index (χ4n) is 2.03. The molecule has 2 aromatic rings. The summed E-state index contributed by atoms with van der Waals surface area (Å²) in [5, 5.41) is 21.0. The molecule has 1 unspecified atom stereocenters. The van der Waals surface area contributed by atoms with E-state index in [1.165, 1.54) is 18.2 Å². The first-order chi connectivity index (χ1) is 12.6. The summed E-state index contributed by atoms with van der Waals surface area (Å²) in [5.74, 6) is -0.689. The third kappa shape index (κ3) is 5.12. The van der Waals surface area contributed by atoms with E-state index in [1.54, 1.807) is 12.1 Å². The second-order valence-corrected chi connectivity index (χ2v) is 7.12. The van der Waals surface area contributed by atoms with Crippen molar-refractivity contribution < 1.29 is 17.5 Å². The topological polar surface area (TPSA) is 187 Å². The Morgan fingerprint density at radius 2 is 1.96 bits per heavy atom. The van der Waals surface area contributed by atoms with Crippen LogP contribution < -0.4 is 16.8 Å². The van der Waals surface area contributed by atoms with Crippen LogP contribution in [0.5, 0.6) is 0 Å². The van der Waals surface area contributed by atoms with Crippen LogP contribution in [0, 0.1) is 22.4 Å². The van der Waals surface area contributed by atoms with Gasteiger partial charge in [0.05, 0.1) is 16.4 Å². The van der Waals surface area contributed by atoms with Gasteiger partial charge >= 0.3 is 5.69 Å². The predicted molar refractivity (Wildman–Crippen MR) is 98.9 cm³/mol. The molecular weight excluding hydrogens is 376 g/mol. The van der Waals surface area contributed by atoms with Crippen molar-refractivity contribution >= 4 is 33.3 Å². The lowest BCUT2D eigenvalue weighted by Gasteiger charge is -2.17. The van der Waals surface area contributed by atoms with E-state index >= 15 is 0 Å². The number of benzene rings is 1. The molecule has 0 aliphatic rings. The molecule has 2 rings (SSSR count). The van der Waals surface area contributed by atoms with Crippen molar-refractivity contribution in [2.24, 2.45) is 5.73 Å². The molecule has 0 saturated carbocycles. The minimum atomic E-state index is -4.15. The molecule has 0 amide bonds. The van der Waals surface area contributed by atoms with E-state index < -0.39 is 27.0 Å². The Kier molecular flexibility index (Phi) is 5.92. The largest absolute Gasteiger partial charge is 0.385 e. The van der Waals surface area contributed by atoms with E-state index in [0.29, 0.717) is 0 Å². The Morgan fingerprint density at radius 3 is 2.48 bits per heavy atom. The van der Waals surface area contributed by atoms with Gasteiger partial charge in [0, 0.05) is 6.07 Å². The molecule has 1 atom stereocenters. The number of rotatable bonds is 8. The quantitative estimate of drug-likeness (QED) is 0.166. The zero-order valence-corrected chi connectivity index (χ0v) is 15.1. The van der Waals surface area contributed by atoms with Gasteiger partial charge in [-0.15, -0.1) is 0 Å². The highest BCUT2D eigenvalue weighted by Crippen LogP contribution is 2.21. The van der Waals surface area contributed by atoms with Crippen molar-refractivity contribution in [3.05, 3.63) is 52.1 Å². The molecule has 0 spiro atoms. The maximum Gasteiger partial charge on any atom is 0.311 e. The summed E-state index contributed by atoms with van der Waals surface area (Å²) in [5.41, 5.74) is 11.4. The van der Waals surface area contributed by atoms with E-state index in [-0.39, 0.29) is 28.8 Å². The fourth-order valence-corrected chi connectivity index (χ4v) is 3.08. The molecule has 0 fully saturated rings. The SMILES string of the molecule is Cc1ccc(S(=O)(=O)OC(CNc2ccc([N+](=O)[O-])c(N)n2)C(=N)N)cc1. The van der Waals surface area contributed by atoms with E-state index in [0.717, 1.165) is 11.6 Å². The molecular formula is C15H18N6O5S. The van der Waals surface area contributed by atoms with Crippen LogP contribution in [0.3, 0.4) is 0 Å². The minimum Gasteiger partial charge on any atom is -0.385 e. The average molecular weight is 394 g/mol. The number of aryl methyl sites for hydroxylation is 1. The van der Waals surface area contributed by atoms with Gasteiger partial charge in [-0.25, -0.2) is 4.98 Å². The van der Waals surface area contributed by atoms with E-state index in [1.807, 2.05) is 6.92 Å². The number of nitrogen functional groups attached to an aromatic ring is 1. The van der Waals surface area contributed by atoms with Gasteiger partial charge in [0.2, 0.25) is 5.82 Å². The molecule has 0 bridgehead atoms. The highest BCUT2D eigenvalue weighted by atomic mass is 32.2. The number of hydrogen-bond acceptors (Lipinski definition) is 9. The van der Waals surface area contributed by atoms with Crippen LogP contribution >= 0.6 is 0 Å². The van der Waals surface area contributed by atoms with Crippen LogP contribution in [0.1, 0.15) is 5.56 Å². The van der Waals surface area contributed by atoms with Gasteiger partial charge in [0.15, 0.2) is 6.10 Å². The van der Waals surface area contributed by atoms with Crippen LogP contribution in [0.15, 0.2) is 41.3 Å². The lowest BCUT2D eigenvalue weighted by Crippen LogP contribution is -2.38.